The number of carbonyl (C=O) groups is 1. The standard InChI is InChI=1S/C28H26ClFN4O3S/c1-19-25(24-8-2-3-9-26(24)33(19)18-20-6-4-7-22(30)16-20)17-31-32-28(35)27-10-5-15-34(27)38(36,37)23-13-11-21(29)12-14-23/h2-4,6-9,11-14,16-17,27H,5,10,15,18H2,1H3,(H,32,35)/b31-17-/t27-/m0/s1. The first-order valence-corrected chi connectivity index (χ1v) is 14.0. The number of fused-ring (bicyclic) bond motifs is 1. The van der Waals surface area contributed by atoms with Crippen molar-refractivity contribution in [3.05, 3.63) is 100 Å². The van der Waals surface area contributed by atoms with E-state index in [2.05, 4.69) is 15.1 Å². The first kappa shape index (κ1) is 26.1. The summed E-state index contributed by atoms with van der Waals surface area (Å²) in [5.41, 5.74) is 6.04. The van der Waals surface area contributed by atoms with Gasteiger partial charge in [-0.2, -0.15) is 9.41 Å². The number of nitrogens with one attached hydrogen (secondary N) is 1. The molecule has 1 aliphatic rings. The van der Waals surface area contributed by atoms with Gasteiger partial charge >= 0.3 is 0 Å². The number of hydrazone groups is 1. The predicted octanol–water partition coefficient (Wildman–Crippen LogP) is 5.09. The Bertz CT molecular complexity index is 1630. The highest BCUT2D eigenvalue weighted by atomic mass is 35.5. The van der Waals surface area contributed by atoms with Gasteiger partial charge in [-0.3, -0.25) is 4.79 Å². The van der Waals surface area contributed by atoms with Crippen LogP contribution in [-0.4, -0.2) is 42.0 Å². The van der Waals surface area contributed by atoms with Gasteiger partial charge in [-0.15, -0.1) is 0 Å². The molecule has 0 unspecified atom stereocenters. The first-order chi connectivity index (χ1) is 18.3. The highest BCUT2D eigenvalue weighted by Crippen LogP contribution is 2.28. The molecule has 196 valence electrons. The summed E-state index contributed by atoms with van der Waals surface area (Å²) in [5, 5.41) is 5.56. The molecular weight excluding hydrogens is 527 g/mol. The monoisotopic (exact) mass is 552 g/mol. The van der Waals surface area contributed by atoms with E-state index in [1.54, 1.807) is 12.3 Å². The molecule has 0 radical (unpaired) electrons. The molecule has 1 fully saturated rings. The van der Waals surface area contributed by atoms with E-state index in [1.165, 1.54) is 40.7 Å². The van der Waals surface area contributed by atoms with Crippen LogP contribution in [0, 0.1) is 12.7 Å². The lowest BCUT2D eigenvalue weighted by Gasteiger charge is -2.22. The van der Waals surface area contributed by atoms with Gasteiger partial charge in [0.1, 0.15) is 11.9 Å². The van der Waals surface area contributed by atoms with Crippen LogP contribution in [0.3, 0.4) is 0 Å². The minimum atomic E-state index is -3.86. The minimum Gasteiger partial charge on any atom is -0.340 e. The van der Waals surface area contributed by atoms with Crippen LogP contribution < -0.4 is 5.43 Å². The van der Waals surface area contributed by atoms with Crippen LogP contribution in [0.25, 0.3) is 10.9 Å². The molecule has 1 N–H and O–H groups in total. The third kappa shape index (κ3) is 5.09. The largest absolute Gasteiger partial charge is 0.340 e. The molecule has 0 saturated carbocycles. The van der Waals surface area contributed by atoms with Crippen molar-refractivity contribution in [1.29, 1.82) is 0 Å². The molecule has 10 heteroatoms. The molecule has 1 saturated heterocycles. The number of benzene rings is 3. The molecule has 7 nitrogen and oxygen atoms in total. The van der Waals surface area contributed by atoms with Crippen LogP contribution in [-0.2, 0) is 21.4 Å². The van der Waals surface area contributed by atoms with Crippen molar-refractivity contribution in [2.24, 2.45) is 5.10 Å². The van der Waals surface area contributed by atoms with E-state index < -0.39 is 22.0 Å². The summed E-state index contributed by atoms with van der Waals surface area (Å²) in [6, 6.07) is 19.3. The number of rotatable bonds is 7. The zero-order valence-corrected chi connectivity index (χ0v) is 22.2. The number of hydrogen-bond donors (Lipinski definition) is 1. The number of halogens is 2. The van der Waals surface area contributed by atoms with Crippen molar-refractivity contribution < 1.29 is 17.6 Å². The highest BCUT2D eigenvalue weighted by Gasteiger charge is 2.39. The van der Waals surface area contributed by atoms with Crippen LogP contribution in [0.5, 0.6) is 0 Å². The van der Waals surface area contributed by atoms with Gasteiger partial charge in [0.05, 0.1) is 11.1 Å². The molecular formula is C28H26ClFN4O3S. The van der Waals surface area contributed by atoms with Gasteiger partial charge < -0.3 is 4.57 Å². The molecule has 0 bridgehead atoms. The van der Waals surface area contributed by atoms with Crippen molar-refractivity contribution in [2.45, 2.75) is 37.2 Å². The van der Waals surface area contributed by atoms with Gasteiger partial charge in [0.2, 0.25) is 10.0 Å². The number of carbonyl (C=O) groups excluding carboxylic acids is 1. The van der Waals surface area contributed by atoms with Gasteiger partial charge in [-0.05, 0) is 67.8 Å². The lowest BCUT2D eigenvalue weighted by atomic mass is 10.1. The summed E-state index contributed by atoms with van der Waals surface area (Å²) in [6.45, 7) is 2.67. The molecule has 3 aromatic carbocycles. The fourth-order valence-electron chi connectivity index (χ4n) is 4.91. The van der Waals surface area contributed by atoms with Gasteiger partial charge in [0.25, 0.3) is 5.91 Å². The Morgan fingerprint density at radius 1 is 1.13 bits per heavy atom. The van der Waals surface area contributed by atoms with E-state index in [0.29, 0.717) is 24.4 Å². The summed E-state index contributed by atoms with van der Waals surface area (Å²) in [4.78, 5) is 13.1. The summed E-state index contributed by atoms with van der Waals surface area (Å²) in [6.07, 6.45) is 2.55. The number of nitrogens with zero attached hydrogens (tertiary/aromatic N) is 3. The zero-order valence-electron chi connectivity index (χ0n) is 20.6. The number of amides is 1. The molecule has 1 amide bonds. The smallest absolute Gasteiger partial charge is 0.258 e. The molecule has 1 aliphatic heterocycles. The van der Waals surface area contributed by atoms with Crippen molar-refractivity contribution in [1.82, 2.24) is 14.3 Å². The average molecular weight is 553 g/mol. The number of sulfonamides is 1. The van der Waals surface area contributed by atoms with Crippen LogP contribution in [0.4, 0.5) is 4.39 Å². The Kier molecular flexibility index (Phi) is 7.34. The minimum absolute atomic E-state index is 0.0897. The Morgan fingerprint density at radius 3 is 2.66 bits per heavy atom. The highest BCUT2D eigenvalue weighted by molar-refractivity contribution is 7.89. The molecule has 1 aromatic heterocycles. The summed E-state index contributed by atoms with van der Waals surface area (Å²) in [5.74, 6) is -0.780. The molecule has 2 heterocycles. The fraction of sp³-hybridized carbons (Fsp3) is 0.214. The summed E-state index contributed by atoms with van der Waals surface area (Å²) < 4.78 is 43.4. The van der Waals surface area contributed by atoms with E-state index in [9.17, 15) is 17.6 Å². The second-order valence-electron chi connectivity index (χ2n) is 9.19. The second-order valence-corrected chi connectivity index (χ2v) is 11.5. The Balaban J connectivity index is 1.36. The van der Waals surface area contributed by atoms with Crippen LogP contribution in [0.1, 0.15) is 29.7 Å². The molecule has 1 atom stereocenters. The Hall–Kier alpha value is -3.53. The summed E-state index contributed by atoms with van der Waals surface area (Å²) in [7, 11) is -3.86. The lowest BCUT2D eigenvalue weighted by molar-refractivity contribution is -0.124. The molecule has 4 aromatic rings. The molecule has 5 rings (SSSR count). The maximum Gasteiger partial charge on any atom is 0.258 e. The predicted molar refractivity (Wildman–Crippen MR) is 146 cm³/mol. The van der Waals surface area contributed by atoms with Gasteiger partial charge in [-0.1, -0.05) is 41.9 Å². The topological polar surface area (TPSA) is 83.8 Å². The fourth-order valence-corrected chi connectivity index (χ4v) is 6.69. The van der Waals surface area contributed by atoms with Crippen LogP contribution in [0.15, 0.2) is 82.8 Å². The van der Waals surface area contributed by atoms with Crippen LogP contribution in [0.2, 0.25) is 5.02 Å². The van der Waals surface area contributed by atoms with E-state index in [4.69, 9.17) is 11.6 Å². The maximum absolute atomic E-state index is 13.8. The summed E-state index contributed by atoms with van der Waals surface area (Å²) >= 11 is 5.90. The van der Waals surface area contributed by atoms with E-state index in [-0.39, 0.29) is 17.3 Å². The quantitative estimate of drug-likeness (QED) is 0.256. The average Bonchev–Trinajstić information content (AvgIpc) is 3.50. The SMILES string of the molecule is Cc1c(/C=N\NC(=O)[C@@H]2CCCN2S(=O)(=O)c2ccc(Cl)cc2)c2ccccc2n1Cc1cccc(F)c1. The molecule has 38 heavy (non-hydrogen) atoms. The second kappa shape index (κ2) is 10.7. The first-order valence-electron chi connectivity index (χ1n) is 12.2. The zero-order chi connectivity index (χ0) is 26.9. The van der Waals surface area contributed by atoms with Crippen molar-refractivity contribution in [3.8, 4) is 0 Å². The third-order valence-corrected chi connectivity index (χ3v) is 8.98. The molecule has 0 spiro atoms. The van der Waals surface area contributed by atoms with Crippen molar-refractivity contribution >= 4 is 44.6 Å². The van der Waals surface area contributed by atoms with Crippen molar-refractivity contribution in [3.63, 3.8) is 0 Å². The van der Waals surface area contributed by atoms with Crippen LogP contribution >= 0.6 is 11.6 Å². The van der Waals surface area contributed by atoms with Gasteiger partial charge in [0, 0.05) is 40.3 Å². The van der Waals surface area contributed by atoms with E-state index >= 15 is 0 Å². The number of aromatic nitrogens is 1. The van der Waals surface area contributed by atoms with Crippen molar-refractivity contribution in [2.75, 3.05) is 6.54 Å². The lowest BCUT2D eigenvalue weighted by Crippen LogP contribution is -2.44. The Morgan fingerprint density at radius 2 is 1.89 bits per heavy atom. The molecule has 0 aliphatic carbocycles. The van der Waals surface area contributed by atoms with E-state index in [0.717, 1.165) is 27.7 Å². The third-order valence-electron chi connectivity index (χ3n) is 6.80. The normalized spacial score (nSPS) is 16.4. The number of hydrogen-bond acceptors (Lipinski definition) is 4. The van der Waals surface area contributed by atoms with E-state index in [1.807, 2.05) is 37.3 Å². The van der Waals surface area contributed by atoms with Gasteiger partial charge in [0.15, 0.2) is 0 Å². The maximum atomic E-state index is 13.8. The Labute approximate surface area is 225 Å². The number of para-hydroxylation sites is 1. The van der Waals surface area contributed by atoms with Gasteiger partial charge in [-0.25, -0.2) is 18.2 Å².